The van der Waals surface area contributed by atoms with Crippen molar-refractivity contribution in [3.8, 4) is 0 Å². The van der Waals surface area contributed by atoms with Crippen molar-refractivity contribution in [2.75, 3.05) is 19.6 Å². The highest BCUT2D eigenvalue weighted by atomic mass is 35.5. The van der Waals surface area contributed by atoms with Crippen LogP contribution in [0.25, 0.3) is 0 Å². The van der Waals surface area contributed by atoms with E-state index in [1.165, 1.54) is 25.7 Å². The highest BCUT2D eigenvalue weighted by Gasteiger charge is 2.28. The quantitative estimate of drug-likeness (QED) is 0.258. The van der Waals surface area contributed by atoms with E-state index in [-0.39, 0.29) is 4.96 Å². The van der Waals surface area contributed by atoms with Gasteiger partial charge in [0, 0.05) is 0 Å². The lowest BCUT2D eigenvalue weighted by atomic mass is 10.2. The smallest absolute Gasteiger partial charge is 0.241 e. The van der Waals surface area contributed by atoms with Gasteiger partial charge < -0.3 is 0 Å². The topological polar surface area (TPSA) is 0 Å². The third-order valence-electron chi connectivity index (χ3n) is 3.26. The summed E-state index contributed by atoms with van der Waals surface area (Å²) in [6.07, 6.45) is 5.54. The van der Waals surface area contributed by atoms with Crippen molar-refractivity contribution in [2.45, 2.75) is 65.3 Å². The Hall–Kier alpha value is 0.540. The number of hydrogen-bond acceptors (Lipinski definition) is 0. The van der Waals surface area contributed by atoms with Crippen molar-refractivity contribution < 1.29 is 4.48 Å². The van der Waals surface area contributed by atoms with Crippen molar-refractivity contribution in [1.82, 2.24) is 0 Å². The maximum atomic E-state index is 5.84. The van der Waals surface area contributed by atoms with Gasteiger partial charge in [-0.25, -0.2) is 0 Å². The first-order valence-corrected chi connectivity index (χ1v) is 7.55. The minimum Gasteiger partial charge on any atom is -0.296 e. The molecule has 0 spiro atoms. The van der Waals surface area contributed by atoms with Gasteiger partial charge in [0.15, 0.2) is 0 Å². The minimum absolute atomic E-state index is 0.278. The fourth-order valence-corrected chi connectivity index (χ4v) is 2.41. The zero-order valence-electron chi connectivity index (χ0n) is 11.7. The van der Waals surface area contributed by atoms with Crippen molar-refractivity contribution in [3.63, 3.8) is 0 Å². The van der Waals surface area contributed by atoms with Gasteiger partial charge in [0.05, 0.1) is 19.6 Å². The predicted molar refractivity (Wildman–Crippen MR) is 77.2 cm³/mol. The van der Waals surface area contributed by atoms with Crippen molar-refractivity contribution in [2.24, 2.45) is 0 Å². The zero-order valence-corrected chi connectivity index (χ0v) is 13.2. The molecule has 0 rings (SSSR count). The molecule has 3 heteroatoms. The molecule has 0 aliphatic rings. The van der Waals surface area contributed by atoms with E-state index < -0.39 is 0 Å². The van der Waals surface area contributed by atoms with Crippen LogP contribution in [-0.4, -0.2) is 29.1 Å². The van der Waals surface area contributed by atoms with Crippen LogP contribution in [0.2, 0.25) is 0 Å². The van der Waals surface area contributed by atoms with Gasteiger partial charge in [0.2, 0.25) is 4.96 Å². The first-order valence-electron chi connectivity index (χ1n) is 6.68. The molecule has 1 nitrogen and oxygen atoms in total. The van der Waals surface area contributed by atoms with Crippen LogP contribution in [0, 0.1) is 0 Å². The van der Waals surface area contributed by atoms with Gasteiger partial charge in [-0.15, -0.1) is 0 Å². The van der Waals surface area contributed by atoms with Gasteiger partial charge in [-0.05, 0) is 44.0 Å². The normalized spacial score (nSPS) is 11.2. The van der Waals surface area contributed by atoms with Crippen molar-refractivity contribution >= 4 is 23.2 Å². The van der Waals surface area contributed by atoms with Crippen molar-refractivity contribution in [3.05, 3.63) is 0 Å². The maximum Gasteiger partial charge on any atom is 0.241 e. The number of halogens is 2. The van der Waals surface area contributed by atoms with Gasteiger partial charge in [0.25, 0.3) is 0 Å². The molecule has 0 saturated heterocycles. The second-order valence-corrected chi connectivity index (χ2v) is 5.20. The number of alkyl halides is 2. The molecule has 100 valence electrons. The van der Waals surface area contributed by atoms with Gasteiger partial charge in [-0.3, -0.25) is 4.48 Å². The fourth-order valence-electron chi connectivity index (χ4n) is 1.58. The second kappa shape index (κ2) is 12.0. The Balaban J connectivity index is 0. The summed E-state index contributed by atoms with van der Waals surface area (Å²) in [5.74, 6) is 0. The summed E-state index contributed by atoms with van der Waals surface area (Å²) in [6, 6.07) is 0. The second-order valence-electron chi connectivity index (χ2n) is 4.15. The molecular formula is C13H30Cl2N+. The largest absolute Gasteiger partial charge is 0.296 e. The van der Waals surface area contributed by atoms with E-state index in [0.717, 1.165) is 24.1 Å². The van der Waals surface area contributed by atoms with Gasteiger partial charge in [-0.1, -0.05) is 39.5 Å². The molecule has 16 heavy (non-hydrogen) atoms. The van der Waals surface area contributed by atoms with E-state index >= 15 is 0 Å². The molecule has 0 aromatic carbocycles. The predicted octanol–water partition coefficient (Wildman–Crippen LogP) is 5.21. The van der Waals surface area contributed by atoms with E-state index in [4.69, 9.17) is 23.2 Å². The maximum absolute atomic E-state index is 5.84. The molecule has 0 unspecified atom stereocenters. The van der Waals surface area contributed by atoms with E-state index in [1.54, 1.807) is 0 Å². The summed E-state index contributed by atoms with van der Waals surface area (Å²) >= 11 is 11.7. The molecule has 0 bridgehead atoms. The molecule has 0 N–H and O–H groups in total. The Morgan fingerprint density at radius 1 is 0.750 bits per heavy atom. The summed E-state index contributed by atoms with van der Waals surface area (Å²) in [7, 11) is 0. The molecule has 0 radical (unpaired) electrons. The molecule has 0 amide bonds. The molecule has 0 fully saturated rings. The SMILES string of the molecule is CCCCCC.CC[N+](CC)(CC)C(Cl)Cl. The number of unbranched alkanes of at least 4 members (excludes halogenated alkanes) is 3. The number of rotatable bonds is 7. The number of quaternary nitrogens is 1. The van der Waals surface area contributed by atoms with Crippen LogP contribution in [0.5, 0.6) is 0 Å². The number of nitrogens with zero attached hydrogens (tertiary/aromatic N) is 1. The molecule has 0 aliphatic carbocycles. The molecule has 0 aromatic rings. The Labute approximate surface area is 113 Å². The van der Waals surface area contributed by atoms with Crippen LogP contribution in [0.1, 0.15) is 60.3 Å². The third kappa shape index (κ3) is 7.76. The van der Waals surface area contributed by atoms with Gasteiger partial charge in [-0.2, -0.15) is 0 Å². The summed E-state index contributed by atoms with van der Waals surface area (Å²) in [6.45, 7) is 13.8. The Morgan fingerprint density at radius 2 is 1.06 bits per heavy atom. The van der Waals surface area contributed by atoms with E-state index in [0.29, 0.717) is 0 Å². The molecular weight excluding hydrogens is 241 g/mol. The minimum atomic E-state index is -0.278. The Bertz CT molecular complexity index is 122. The summed E-state index contributed by atoms with van der Waals surface area (Å²) in [5.41, 5.74) is 0. The van der Waals surface area contributed by atoms with E-state index in [2.05, 4.69) is 34.6 Å². The third-order valence-corrected chi connectivity index (χ3v) is 4.09. The standard InChI is InChI=1S/C7H16Cl2N.C6H14/c1-4-10(5-2,6-3)7(8)9;1-3-5-6-4-2/h7H,4-6H2,1-3H3;3-6H2,1-2H3/q+1;. The highest BCUT2D eigenvalue weighted by Crippen LogP contribution is 2.19. The van der Waals surface area contributed by atoms with Crippen LogP contribution in [0.15, 0.2) is 0 Å². The van der Waals surface area contributed by atoms with Gasteiger partial charge >= 0.3 is 0 Å². The molecule has 0 heterocycles. The van der Waals surface area contributed by atoms with Crippen LogP contribution in [0.3, 0.4) is 0 Å². The fraction of sp³-hybridized carbons (Fsp3) is 1.00. The molecule has 0 aromatic heterocycles. The van der Waals surface area contributed by atoms with Crippen molar-refractivity contribution in [1.29, 1.82) is 0 Å². The van der Waals surface area contributed by atoms with E-state index in [9.17, 15) is 0 Å². The van der Waals surface area contributed by atoms with Gasteiger partial charge in [0.1, 0.15) is 0 Å². The van der Waals surface area contributed by atoms with E-state index in [1.807, 2.05) is 0 Å². The van der Waals surface area contributed by atoms with Crippen LogP contribution >= 0.6 is 23.2 Å². The monoisotopic (exact) mass is 270 g/mol. The zero-order chi connectivity index (χ0) is 13.0. The first kappa shape index (κ1) is 18.9. The lowest BCUT2D eigenvalue weighted by Gasteiger charge is -2.36. The lowest BCUT2D eigenvalue weighted by Crippen LogP contribution is -2.50. The summed E-state index contributed by atoms with van der Waals surface area (Å²) in [5, 5.41) is 0. The highest BCUT2D eigenvalue weighted by molar-refractivity contribution is 6.43. The molecule has 0 aliphatic heterocycles. The summed E-state index contributed by atoms with van der Waals surface area (Å²) < 4.78 is 0.795. The Morgan fingerprint density at radius 3 is 1.12 bits per heavy atom. The lowest BCUT2D eigenvalue weighted by molar-refractivity contribution is -0.923. The summed E-state index contributed by atoms with van der Waals surface area (Å²) in [4.78, 5) is -0.278. The van der Waals surface area contributed by atoms with Crippen LogP contribution in [-0.2, 0) is 0 Å². The average molecular weight is 271 g/mol. The molecule has 0 saturated carbocycles. The van der Waals surface area contributed by atoms with Crippen LogP contribution < -0.4 is 0 Å². The first-order chi connectivity index (χ1) is 7.54. The molecule has 0 atom stereocenters. The number of hydrogen-bond donors (Lipinski definition) is 0. The van der Waals surface area contributed by atoms with Crippen LogP contribution in [0.4, 0.5) is 0 Å². The average Bonchev–Trinajstić information content (AvgIpc) is 2.30. The Kier molecular flexibility index (Phi) is 14.2.